The van der Waals surface area contributed by atoms with Gasteiger partial charge in [0.05, 0.1) is 5.41 Å². The van der Waals surface area contributed by atoms with Crippen LogP contribution in [0.2, 0.25) is 0 Å². The molecular weight excluding hydrogens is 666 g/mol. The van der Waals surface area contributed by atoms with Gasteiger partial charge in [-0.2, -0.15) is 0 Å². The first-order valence-electron chi connectivity index (χ1n) is 15.7. The molecule has 1 aliphatic carbocycles. The van der Waals surface area contributed by atoms with Gasteiger partial charge in [0.25, 0.3) is 11.8 Å². The highest BCUT2D eigenvalue weighted by Gasteiger charge is 2.45. The van der Waals surface area contributed by atoms with Gasteiger partial charge in [-0.3, -0.25) is 9.59 Å². The van der Waals surface area contributed by atoms with Gasteiger partial charge in [0.2, 0.25) is 0 Å². The summed E-state index contributed by atoms with van der Waals surface area (Å²) in [4.78, 5) is 26.0. The molecule has 0 aliphatic heterocycles. The molecule has 254 valence electrons. The SMILES string of the molecule is Cc1c(C(=O)Nc2ccc(C3(c4ccc(NC(=O)c5cc(F)c(F)c(F)c5C)cc4)c4ccccc4-c4ccccc43)cc2)cc(F)c(F)c1F. The van der Waals surface area contributed by atoms with E-state index in [1.54, 1.807) is 24.3 Å². The third-order valence-electron chi connectivity index (χ3n) is 9.41. The van der Waals surface area contributed by atoms with Crippen molar-refractivity contribution in [1.82, 2.24) is 0 Å². The molecule has 0 saturated carbocycles. The third kappa shape index (κ3) is 5.34. The van der Waals surface area contributed by atoms with Crippen LogP contribution < -0.4 is 10.6 Å². The number of hydrogen-bond acceptors (Lipinski definition) is 2. The van der Waals surface area contributed by atoms with E-state index in [1.807, 2.05) is 72.8 Å². The summed E-state index contributed by atoms with van der Waals surface area (Å²) >= 11 is 0. The van der Waals surface area contributed by atoms with Gasteiger partial charge in [-0.1, -0.05) is 72.8 Å². The quantitative estimate of drug-likeness (QED) is 0.135. The van der Waals surface area contributed by atoms with Gasteiger partial charge in [0.1, 0.15) is 0 Å². The maximum atomic E-state index is 14.2. The molecular formula is C41H26F6N2O2. The predicted octanol–water partition coefficient (Wildman–Crippen LogP) is 10.0. The molecule has 6 aromatic carbocycles. The lowest BCUT2D eigenvalue weighted by molar-refractivity contribution is 0.101. The van der Waals surface area contributed by atoms with Gasteiger partial charge in [-0.05, 0) is 83.6 Å². The highest BCUT2D eigenvalue weighted by molar-refractivity contribution is 6.06. The Labute approximate surface area is 288 Å². The molecule has 0 heterocycles. The largest absolute Gasteiger partial charge is 0.322 e. The van der Waals surface area contributed by atoms with Crippen LogP contribution in [-0.2, 0) is 5.41 Å². The van der Waals surface area contributed by atoms with E-state index in [9.17, 15) is 35.9 Å². The van der Waals surface area contributed by atoms with E-state index in [4.69, 9.17) is 0 Å². The van der Waals surface area contributed by atoms with Crippen LogP contribution in [0.1, 0.15) is 54.1 Å². The van der Waals surface area contributed by atoms with Crippen LogP contribution in [-0.4, -0.2) is 11.8 Å². The molecule has 0 atom stereocenters. The van der Waals surface area contributed by atoms with Crippen LogP contribution in [0.15, 0.2) is 109 Å². The minimum absolute atomic E-state index is 0.324. The molecule has 7 rings (SSSR count). The first-order chi connectivity index (χ1) is 24.4. The minimum Gasteiger partial charge on any atom is -0.322 e. The fourth-order valence-electron chi connectivity index (χ4n) is 6.87. The fraction of sp³-hybridized carbons (Fsp3) is 0.0732. The van der Waals surface area contributed by atoms with E-state index >= 15 is 0 Å². The Morgan fingerprint density at radius 3 is 1.22 bits per heavy atom. The number of halogens is 6. The van der Waals surface area contributed by atoms with Crippen molar-refractivity contribution in [2.45, 2.75) is 19.3 Å². The van der Waals surface area contributed by atoms with Gasteiger partial charge in [-0.15, -0.1) is 0 Å². The summed E-state index contributed by atoms with van der Waals surface area (Å²) in [6, 6.07) is 31.0. The van der Waals surface area contributed by atoms with Gasteiger partial charge in [-0.25, -0.2) is 26.3 Å². The Kier molecular flexibility index (Phi) is 8.25. The number of carbonyl (C=O) groups excluding carboxylic acids is 2. The lowest BCUT2D eigenvalue weighted by Gasteiger charge is -2.34. The van der Waals surface area contributed by atoms with E-state index < -0.39 is 52.1 Å². The summed E-state index contributed by atoms with van der Waals surface area (Å²) in [7, 11) is 0. The van der Waals surface area contributed by atoms with E-state index in [0.29, 0.717) is 23.5 Å². The predicted molar refractivity (Wildman–Crippen MR) is 182 cm³/mol. The van der Waals surface area contributed by atoms with E-state index in [-0.39, 0.29) is 22.3 Å². The average Bonchev–Trinajstić information content (AvgIpc) is 3.44. The van der Waals surface area contributed by atoms with Gasteiger partial charge >= 0.3 is 0 Å². The highest BCUT2D eigenvalue weighted by Crippen LogP contribution is 2.56. The zero-order chi connectivity index (χ0) is 36.2. The second-order valence-electron chi connectivity index (χ2n) is 12.2. The van der Waals surface area contributed by atoms with Crippen LogP contribution in [0.25, 0.3) is 11.1 Å². The summed E-state index contributed by atoms with van der Waals surface area (Å²) in [5, 5.41) is 5.26. The molecule has 0 spiro atoms. The Bertz CT molecular complexity index is 2220. The summed E-state index contributed by atoms with van der Waals surface area (Å²) in [5.74, 6) is -10.8. The maximum Gasteiger partial charge on any atom is 0.256 e. The molecule has 4 nitrogen and oxygen atoms in total. The van der Waals surface area contributed by atoms with E-state index in [2.05, 4.69) is 10.6 Å². The van der Waals surface area contributed by atoms with Crippen LogP contribution in [0.3, 0.4) is 0 Å². The zero-order valence-electron chi connectivity index (χ0n) is 27.0. The molecule has 2 amide bonds. The first kappa shape index (κ1) is 33.3. The van der Waals surface area contributed by atoms with Crippen molar-refractivity contribution >= 4 is 23.2 Å². The smallest absolute Gasteiger partial charge is 0.256 e. The topological polar surface area (TPSA) is 58.2 Å². The Balaban J connectivity index is 1.28. The molecule has 0 aromatic heterocycles. The Hall–Kier alpha value is -6.16. The molecule has 0 bridgehead atoms. The second-order valence-corrected chi connectivity index (χ2v) is 12.2. The summed E-state index contributed by atoms with van der Waals surface area (Å²) in [6.45, 7) is 2.38. The Morgan fingerprint density at radius 1 is 0.490 bits per heavy atom. The van der Waals surface area contributed by atoms with E-state index in [1.165, 1.54) is 13.8 Å². The molecule has 51 heavy (non-hydrogen) atoms. The van der Waals surface area contributed by atoms with Gasteiger partial charge in [0.15, 0.2) is 34.9 Å². The number of hydrogen-bond donors (Lipinski definition) is 2. The molecule has 6 aromatic rings. The van der Waals surface area contributed by atoms with Crippen LogP contribution in [0.5, 0.6) is 0 Å². The number of anilines is 2. The van der Waals surface area contributed by atoms with Crippen LogP contribution >= 0.6 is 0 Å². The number of carbonyl (C=O) groups is 2. The van der Waals surface area contributed by atoms with E-state index in [0.717, 1.165) is 33.4 Å². The molecule has 1 aliphatic rings. The summed E-state index contributed by atoms with van der Waals surface area (Å²) in [5.41, 5.74) is 3.93. The first-order valence-corrected chi connectivity index (χ1v) is 15.7. The highest BCUT2D eigenvalue weighted by atomic mass is 19.2. The summed E-state index contributed by atoms with van der Waals surface area (Å²) < 4.78 is 83.7. The molecule has 0 fully saturated rings. The lowest BCUT2D eigenvalue weighted by atomic mass is 9.67. The number of rotatable bonds is 6. The fourth-order valence-corrected chi connectivity index (χ4v) is 6.87. The normalized spacial score (nSPS) is 12.6. The molecule has 0 saturated heterocycles. The van der Waals surface area contributed by atoms with Gasteiger partial charge < -0.3 is 10.6 Å². The number of fused-ring (bicyclic) bond motifs is 3. The second kappa shape index (κ2) is 12.6. The van der Waals surface area contributed by atoms with Crippen molar-refractivity contribution in [2.75, 3.05) is 10.6 Å². The number of benzene rings is 6. The summed E-state index contributed by atoms with van der Waals surface area (Å²) in [6.07, 6.45) is 0. The van der Waals surface area contributed by atoms with Crippen LogP contribution in [0.4, 0.5) is 37.7 Å². The van der Waals surface area contributed by atoms with Gasteiger partial charge in [0, 0.05) is 33.6 Å². The molecule has 10 heteroatoms. The standard InChI is InChI=1S/C41H26F6N2O2/c1-21-29(19-33(42)37(46)35(21)44)39(50)48-25-15-11-23(12-16-25)41(31-9-5-3-7-27(31)28-8-4-6-10-32(28)41)24-13-17-26(18-14-24)49-40(51)30-20-34(43)38(47)36(45)22(30)2/h3-20H,1-2H3,(H,48,50)(H,49,51). The maximum absolute atomic E-state index is 14.2. The molecule has 0 radical (unpaired) electrons. The van der Waals surface area contributed by atoms with Crippen molar-refractivity contribution in [3.63, 3.8) is 0 Å². The van der Waals surface area contributed by atoms with Crippen LogP contribution in [0, 0.1) is 48.8 Å². The monoisotopic (exact) mass is 692 g/mol. The van der Waals surface area contributed by atoms with Crippen molar-refractivity contribution in [3.05, 3.63) is 189 Å². The van der Waals surface area contributed by atoms with Crippen molar-refractivity contribution < 1.29 is 35.9 Å². The Morgan fingerprint density at radius 2 is 0.843 bits per heavy atom. The minimum atomic E-state index is -1.65. The average molecular weight is 693 g/mol. The number of nitrogens with one attached hydrogen (secondary N) is 2. The van der Waals surface area contributed by atoms with Crippen molar-refractivity contribution in [1.29, 1.82) is 0 Å². The zero-order valence-corrected chi connectivity index (χ0v) is 27.0. The lowest BCUT2D eigenvalue weighted by Crippen LogP contribution is -2.28. The number of amides is 2. The van der Waals surface area contributed by atoms with Crippen molar-refractivity contribution in [2.24, 2.45) is 0 Å². The van der Waals surface area contributed by atoms with Crippen molar-refractivity contribution in [3.8, 4) is 11.1 Å². The molecule has 2 N–H and O–H groups in total. The molecule has 0 unspecified atom stereocenters. The third-order valence-corrected chi connectivity index (χ3v) is 9.41.